The lowest BCUT2D eigenvalue weighted by Gasteiger charge is -2.37. The molecule has 2 aliphatic heterocycles. The van der Waals surface area contributed by atoms with Crippen LogP contribution < -0.4 is 5.32 Å². The third kappa shape index (κ3) is 2.18. The summed E-state index contributed by atoms with van der Waals surface area (Å²) < 4.78 is 42.0. The Kier molecular flexibility index (Phi) is 2.68. The maximum atomic E-state index is 12.2. The summed E-state index contributed by atoms with van der Waals surface area (Å²) in [6, 6.07) is -0.106. The van der Waals surface area contributed by atoms with Crippen LogP contribution in [0.15, 0.2) is 0 Å². The predicted octanol–water partition coefficient (Wildman–Crippen LogP) is 0.221. The Labute approximate surface area is 80.2 Å². The minimum Gasteiger partial charge on any atom is -0.374 e. The molecular formula is C8H13F3N2O. The van der Waals surface area contributed by atoms with Crippen LogP contribution in [-0.2, 0) is 4.74 Å². The number of fused-ring (bicyclic) bond motifs is 1. The molecule has 0 aromatic rings. The van der Waals surface area contributed by atoms with Crippen LogP contribution in [0, 0.1) is 0 Å². The zero-order valence-corrected chi connectivity index (χ0v) is 7.68. The van der Waals surface area contributed by atoms with E-state index >= 15 is 0 Å². The van der Waals surface area contributed by atoms with E-state index in [4.69, 9.17) is 4.74 Å². The van der Waals surface area contributed by atoms with Gasteiger partial charge in [-0.05, 0) is 0 Å². The highest BCUT2D eigenvalue weighted by atomic mass is 19.4. The summed E-state index contributed by atoms with van der Waals surface area (Å²) in [7, 11) is 0. The maximum absolute atomic E-state index is 12.2. The number of morpholine rings is 1. The van der Waals surface area contributed by atoms with Crippen molar-refractivity contribution in [1.29, 1.82) is 0 Å². The first kappa shape index (κ1) is 10.2. The Hall–Kier alpha value is -0.330. The van der Waals surface area contributed by atoms with Crippen LogP contribution in [-0.4, -0.2) is 56.0 Å². The van der Waals surface area contributed by atoms with E-state index in [1.807, 2.05) is 0 Å². The first-order valence-electron chi connectivity index (χ1n) is 4.69. The average Bonchev–Trinajstić information content (AvgIpc) is 2.49. The molecule has 0 bridgehead atoms. The fourth-order valence-corrected chi connectivity index (χ4v) is 2.09. The Bertz CT molecular complexity index is 209. The zero-order valence-electron chi connectivity index (χ0n) is 7.68. The second-order valence-corrected chi connectivity index (χ2v) is 3.72. The van der Waals surface area contributed by atoms with Gasteiger partial charge >= 0.3 is 6.18 Å². The van der Waals surface area contributed by atoms with E-state index in [1.165, 1.54) is 4.90 Å². The van der Waals surface area contributed by atoms with Gasteiger partial charge in [0, 0.05) is 25.7 Å². The Morgan fingerprint density at radius 3 is 2.86 bits per heavy atom. The molecule has 0 radical (unpaired) electrons. The van der Waals surface area contributed by atoms with Crippen molar-refractivity contribution < 1.29 is 17.9 Å². The van der Waals surface area contributed by atoms with Crippen molar-refractivity contribution in [2.75, 3.05) is 32.8 Å². The molecule has 0 amide bonds. The molecule has 2 aliphatic rings. The number of nitrogens with zero attached hydrogens (tertiary/aromatic N) is 1. The van der Waals surface area contributed by atoms with Crippen LogP contribution in [0.1, 0.15) is 0 Å². The van der Waals surface area contributed by atoms with E-state index in [2.05, 4.69) is 5.32 Å². The number of rotatable bonds is 1. The first-order valence-corrected chi connectivity index (χ1v) is 4.69. The molecule has 82 valence electrons. The van der Waals surface area contributed by atoms with Crippen LogP contribution in [0.4, 0.5) is 13.2 Å². The first-order chi connectivity index (χ1) is 6.56. The number of hydrogen-bond donors (Lipinski definition) is 1. The molecular weight excluding hydrogens is 197 g/mol. The van der Waals surface area contributed by atoms with Gasteiger partial charge in [0.15, 0.2) is 0 Å². The smallest absolute Gasteiger partial charge is 0.374 e. The summed E-state index contributed by atoms with van der Waals surface area (Å²) in [5.74, 6) is 0. The van der Waals surface area contributed by atoms with Gasteiger partial charge in [-0.15, -0.1) is 0 Å². The van der Waals surface area contributed by atoms with Gasteiger partial charge in [0.25, 0.3) is 0 Å². The van der Waals surface area contributed by atoms with Crippen LogP contribution in [0.5, 0.6) is 0 Å². The topological polar surface area (TPSA) is 24.5 Å². The molecule has 0 unspecified atom stereocenters. The maximum Gasteiger partial charge on any atom is 0.401 e. The molecule has 3 nitrogen and oxygen atoms in total. The van der Waals surface area contributed by atoms with E-state index in [1.54, 1.807) is 0 Å². The molecule has 2 rings (SSSR count). The lowest BCUT2D eigenvalue weighted by Crippen LogP contribution is -2.53. The summed E-state index contributed by atoms with van der Waals surface area (Å²) in [6.07, 6.45) is -4.17. The fraction of sp³-hybridized carbons (Fsp3) is 1.00. The van der Waals surface area contributed by atoms with Crippen molar-refractivity contribution in [3.63, 3.8) is 0 Å². The van der Waals surface area contributed by atoms with Crippen molar-refractivity contribution >= 4 is 0 Å². The van der Waals surface area contributed by atoms with Gasteiger partial charge in [0.2, 0.25) is 0 Å². The highest BCUT2D eigenvalue weighted by Gasteiger charge is 2.41. The quantitative estimate of drug-likeness (QED) is 0.670. The molecule has 6 heteroatoms. The number of hydrogen-bond acceptors (Lipinski definition) is 3. The van der Waals surface area contributed by atoms with Gasteiger partial charge in [0.1, 0.15) is 0 Å². The highest BCUT2D eigenvalue weighted by Crippen LogP contribution is 2.23. The van der Waals surface area contributed by atoms with Gasteiger partial charge in [-0.3, -0.25) is 4.90 Å². The number of ether oxygens (including phenoxy) is 1. The lowest BCUT2D eigenvalue weighted by molar-refractivity contribution is -0.166. The van der Waals surface area contributed by atoms with Gasteiger partial charge in [0.05, 0.1) is 19.3 Å². The Morgan fingerprint density at radius 1 is 1.36 bits per heavy atom. The van der Waals surface area contributed by atoms with Crippen molar-refractivity contribution in [1.82, 2.24) is 10.2 Å². The van der Waals surface area contributed by atoms with Crippen LogP contribution in [0.3, 0.4) is 0 Å². The van der Waals surface area contributed by atoms with Gasteiger partial charge in [-0.25, -0.2) is 0 Å². The predicted molar refractivity (Wildman–Crippen MR) is 44.0 cm³/mol. The normalized spacial score (nSPS) is 34.5. The molecule has 0 aromatic carbocycles. The third-order valence-electron chi connectivity index (χ3n) is 2.69. The second-order valence-electron chi connectivity index (χ2n) is 3.72. The summed E-state index contributed by atoms with van der Waals surface area (Å²) >= 11 is 0. The van der Waals surface area contributed by atoms with Crippen LogP contribution in [0.25, 0.3) is 0 Å². The summed E-state index contributed by atoms with van der Waals surface area (Å²) in [4.78, 5) is 1.47. The summed E-state index contributed by atoms with van der Waals surface area (Å²) in [6.45, 7) is 1.22. The molecule has 2 saturated heterocycles. The fourth-order valence-electron chi connectivity index (χ4n) is 2.09. The summed E-state index contributed by atoms with van der Waals surface area (Å²) in [5.41, 5.74) is 0. The molecule has 0 aromatic heterocycles. The monoisotopic (exact) mass is 210 g/mol. The average molecular weight is 210 g/mol. The van der Waals surface area contributed by atoms with E-state index in [9.17, 15) is 13.2 Å². The van der Waals surface area contributed by atoms with Crippen molar-refractivity contribution in [3.05, 3.63) is 0 Å². The van der Waals surface area contributed by atoms with Gasteiger partial charge in [-0.1, -0.05) is 0 Å². The zero-order chi connectivity index (χ0) is 10.2. The minimum absolute atomic E-state index is 0.0638. The van der Waals surface area contributed by atoms with Gasteiger partial charge < -0.3 is 10.1 Å². The van der Waals surface area contributed by atoms with Crippen LogP contribution in [0.2, 0.25) is 0 Å². The standard InChI is InChI=1S/C8H13F3N2O/c9-8(10,11)5-13-1-2-14-7-4-12-3-6(7)13/h6-7,12H,1-5H2/t6-,7-/m1/s1. The molecule has 0 saturated carbocycles. The van der Waals surface area contributed by atoms with E-state index in [0.29, 0.717) is 26.2 Å². The number of alkyl halides is 3. The summed E-state index contributed by atoms with van der Waals surface area (Å²) in [5, 5.41) is 3.05. The van der Waals surface area contributed by atoms with Crippen molar-refractivity contribution in [3.8, 4) is 0 Å². The van der Waals surface area contributed by atoms with Crippen molar-refractivity contribution in [2.24, 2.45) is 0 Å². The molecule has 2 fully saturated rings. The van der Waals surface area contributed by atoms with E-state index < -0.39 is 12.7 Å². The highest BCUT2D eigenvalue weighted by molar-refractivity contribution is 4.92. The Balaban J connectivity index is 1.97. The Morgan fingerprint density at radius 2 is 2.14 bits per heavy atom. The lowest BCUT2D eigenvalue weighted by atomic mass is 10.1. The molecule has 1 N–H and O–H groups in total. The number of halogens is 3. The SMILES string of the molecule is FC(F)(F)CN1CCO[C@@H]2CNC[C@H]21. The van der Waals surface area contributed by atoms with E-state index in [0.717, 1.165) is 0 Å². The van der Waals surface area contributed by atoms with Gasteiger partial charge in [-0.2, -0.15) is 13.2 Å². The molecule has 14 heavy (non-hydrogen) atoms. The molecule has 0 spiro atoms. The molecule has 0 aliphatic carbocycles. The second kappa shape index (κ2) is 3.67. The molecule has 2 heterocycles. The minimum atomic E-state index is -4.11. The molecule has 2 atom stereocenters. The van der Waals surface area contributed by atoms with Crippen LogP contribution >= 0.6 is 0 Å². The van der Waals surface area contributed by atoms with E-state index in [-0.39, 0.29) is 12.1 Å². The largest absolute Gasteiger partial charge is 0.401 e. The number of nitrogens with one attached hydrogen (secondary N) is 1. The third-order valence-corrected chi connectivity index (χ3v) is 2.69. The van der Waals surface area contributed by atoms with Crippen molar-refractivity contribution in [2.45, 2.75) is 18.3 Å².